The van der Waals surface area contributed by atoms with Crippen LogP contribution >= 0.6 is 0 Å². The second kappa shape index (κ2) is 5.99. The first-order chi connectivity index (χ1) is 8.47. The second-order valence-corrected chi connectivity index (χ2v) is 3.72. The van der Waals surface area contributed by atoms with E-state index in [1.807, 2.05) is 6.92 Å². The minimum atomic E-state index is -0.457. The average Bonchev–Trinajstić information content (AvgIpc) is 2.35. The van der Waals surface area contributed by atoms with E-state index >= 15 is 0 Å². The average molecular weight is 254 g/mol. The maximum Gasteiger partial charge on any atom is 0.322 e. The Kier molecular flexibility index (Phi) is 4.64. The number of anilines is 2. The van der Waals surface area contributed by atoms with Gasteiger partial charge in [-0.05, 0) is 13.8 Å². The molecule has 0 bridgehead atoms. The van der Waals surface area contributed by atoms with Crippen molar-refractivity contribution in [3.05, 3.63) is 0 Å². The summed E-state index contributed by atoms with van der Waals surface area (Å²) in [6.45, 7) is 4.25. The van der Waals surface area contributed by atoms with E-state index in [2.05, 4.69) is 20.3 Å². The lowest BCUT2D eigenvalue weighted by molar-refractivity contribution is -0.130. The van der Waals surface area contributed by atoms with Crippen molar-refractivity contribution in [3.63, 3.8) is 0 Å². The van der Waals surface area contributed by atoms with Crippen LogP contribution in [0.25, 0.3) is 0 Å². The molecule has 0 saturated heterocycles. The predicted octanol–water partition coefficient (Wildman–Crippen LogP) is -0.259. The third-order valence-electron chi connectivity index (χ3n) is 2.38. The number of nitrogens with one attached hydrogen (secondary N) is 1. The van der Waals surface area contributed by atoms with E-state index in [0.717, 1.165) is 0 Å². The van der Waals surface area contributed by atoms with Crippen molar-refractivity contribution in [2.45, 2.75) is 19.9 Å². The Hall–Kier alpha value is -2.12. The maximum absolute atomic E-state index is 11.8. The number of ether oxygens (including phenoxy) is 1. The van der Waals surface area contributed by atoms with Crippen molar-refractivity contribution in [1.82, 2.24) is 19.9 Å². The summed E-state index contributed by atoms with van der Waals surface area (Å²) in [5.41, 5.74) is 5.50. The lowest BCUT2D eigenvalue weighted by Gasteiger charge is -2.20. The minimum Gasteiger partial charge on any atom is -0.467 e. The van der Waals surface area contributed by atoms with Gasteiger partial charge in [-0.1, -0.05) is 0 Å². The number of nitrogens with zero attached hydrogens (tertiary/aromatic N) is 4. The third-order valence-corrected chi connectivity index (χ3v) is 2.38. The van der Waals surface area contributed by atoms with Gasteiger partial charge in [0.05, 0.1) is 7.11 Å². The smallest absolute Gasteiger partial charge is 0.322 e. The molecule has 0 spiro atoms. The van der Waals surface area contributed by atoms with Gasteiger partial charge in [0.2, 0.25) is 17.8 Å². The minimum absolute atomic E-state index is 0.0350. The van der Waals surface area contributed by atoms with Crippen molar-refractivity contribution in [2.24, 2.45) is 0 Å². The summed E-state index contributed by atoms with van der Waals surface area (Å²) in [5, 5.41) is 2.86. The molecular formula is C10H18N6O2. The monoisotopic (exact) mass is 254 g/mol. The Morgan fingerprint density at radius 3 is 2.72 bits per heavy atom. The zero-order valence-corrected chi connectivity index (χ0v) is 11.0. The van der Waals surface area contributed by atoms with E-state index in [4.69, 9.17) is 10.5 Å². The van der Waals surface area contributed by atoms with Gasteiger partial charge in [0.1, 0.15) is 6.04 Å². The van der Waals surface area contributed by atoms with E-state index in [9.17, 15) is 4.79 Å². The van der Waals surface area contributed by atoms with Gasteiger partial charge in [-0.3, -0.25) is 4.79 Å². The number of nitrogen functional groups attached to an aromatic ring is 1. The number of likely N-dealkylation sites (N-methyl/N-ethyl adjacent to an activating group) is 1. The zero-order chi connectivity index (χ0) is 13.7. The van der Waals surface area contributed by atoms with Crippen LogP contribution < -0.4 is 15.8 Å². The molecule has 8 nitrogen and oxygen atoms in total. The highest BCUT2D eigenvalue weighted by atomic mass is 16.5. The summed E-state index contributed by atoms with van der Waals surface area (Å²) in [6, 6.07) is -0.352. The number of aromatic nitrogens is 3. The number of methoxy groups -OCH3 is 1. The highest BCUT2D eigenvalue weighted by molar-refractivity contribution is 5.83. The zero-order valence-electron chi connectivity index (χ0n) is 11.0. The third kappa shape index (κ3) is 3.44. The molecule has 100 valence electrons. The number of nitrogens with two attached hydrogens (primary N) is 1. The normalized spacial score (nSPS) is 11.8. The van der Waals surface area contributed by atoms with Crippen LogP contribution in [-0.2, 0) is 4.79 Å². The SMILES string of the molecule is CCN(C)C(=O)C(C)Nc1nc(N)nc(OC)n1. The number of rotatable bonds is 5. The molecular weight excluding hydrogens is 236 g/mol. The standard InChI is InChI=1S/C10H18N6O2/c1-5-16(3)7(17)6(2)12-9-13-8(11)14-10(15-9)18-4/h6H,5H2,1-4H3,(H3,11,12,13,14,15). The number of carbonyl (C=O) groups is 1. The van der Waals surface area contributed by atoms with E-state index in [0.29, 0.717) is 6.54 Å². The molecule has 1 amide bonds. The largest absolute Gasteiger partial charge is 0.467 e. The molecule has 1 aromatic heterocycles. The molecule has 18 heavy (non-hydrogen) atoms. The maximum atomic E-state index is 11.8. The molecule has 0 aliphatic heterocycles. The summed E-state index contributed by atoms with van der Waals surface area (Å²) in [5.74, 6) is 0.188. The molecule has 8 heteroatoms. The molecule has 0 fully saturated rings. The Balaban J connectivity index is 2.78. The molecule has 0 aliphatic carbocycles. The van der Waals surface area contributed by atoms with Gasteiger partial charge in [-0.2, -0.15) is 15.0 Å². The molecule has 0 aliphatic rings. The molecule has 1 unspecified atom stereocenters. The van der Waals surface area contributed by atoms with Crippen molar-refractivity contribution in [3.8, 4) is 6.01 Å². The molecule has 0 saturated carbocycles. The van der Waals surface area contributed by atoms with Crippen LogP contribution in [-0.4, -0.2) is 52.5 Å². The summed E-state index contributed by atoms with van der Waals surface area (Å²) < 4.78 is 4.87. The van der Waals surface area contributed by atoms with Crippen LogP contribution in [0.3, 0.4) is 0 Å². The summed E-state index contributed by atoms with van der Waals surface area (Å²) in [6.07, 6.45) is 0. The highest BCUT2D eigenvalue weighted by Crippen LogP contribution is 2.09. The topological polar surface area (TPSA) is 106 Å². The van der Waals surface area contributed by atoms with Gasteiger partial charge in [-0.25, -0.2) is 0 Å². The number of hydrogen-bond donors (Lipinski definition) is 2. The van der Waals surface area contributed by atoms with Gasteiger partial charge in [0.25, 0.3) is 0 Å². The Morgan fingerprint density at radius 2 is 2.17 bits per heavy atom. The first-order valence-electron chi connectivity index (χ1n) is 5.55. The van der Waals surface area contributed by atoms with Gasteiger partial charge < -0.3 is 20.7 Å². The molecule has 3 N–H and O–H groups in total. The van der Waals surface area contributed by atoms with Gasteiger partial charge in [0.15, 0.2) is 0 Å². The molecule has 1 aromatic rings. The lowest BCUT2D eigenvalue weighted by Crippen LogP contribution is -2.39. The second-order valence-electron chi connectivity index (χ2n) is 3.72. The fourth-order valence-corrected chi connectivity index (χ4v) is 1.27. The van der Waals surface area contributed by atoms with Crippen LogP contribution in [0, 0.1) is 0 Å². The fourth-order valence-electron chi connectivity index (χ4n) is 1.27. The molecule has 0 aromatic carbocycles. The van der Waals surface area contributed by atoms with Crippen molar-refractivity contribution in [2.75, 3.05) is 31.8 Å². The Bertz CT molecular complexity index is 425. The molecule has 1 atom stereocenters. The first kappa shape index (κ1) is 13.9. The Morgan fingerprint density at radius 1 is 1.50 bits per heavy atom. The van der Waals surface area contributed by atoms with Crippen LogP contribution in [0.2, 0.25) is 0 Å². The van der Waals surface area contributed by atoms with Gasteiger partial charge in [0, 0.05) is 13.6 Å². The van der Waals surface area contributed by atoms with Crippen molar-refractivity contribution in [1.29, 1.82) is 0 Å². The molecule has 1 rings (SSSR count). The van der Waals surface area contributed by atoms with Crippen molar-refractivity contribution >= 4 is 17.8 Å². The fraction of sp³-hybridized carbons (Fsp3) is 0.600. The molecule has 0 radical (unpaired) electrons. The summed E-state index contributed by atoms with van der Waals surface area (Å²) >= 11 is 0. The van der Waals surface area contributed by atoms with E-state index in [-0.39, 0.29) is 23.8 Å². The van der Waals surface area contributed by atoms with Gasteiger partial charge in [-0.15, -0.1) is 0 Å². The first-order valence-corrected chi connectivity index (χ1v) is 5.55. The Labute approximate surface area is 106 Å². The molecule has 1 heterocycles. The predicted molar refractivity (Wildman–Crippen MR) is 67.2 cm³/mol. The number of hydrogen-bond acceptors (Lipinski definition) is 7. The number of carbonyl (C=O) groups excluding carboxylic acids is 1. The number of amides is 1. The van der Waals surface area contributed by atoms with Crippen LogP contribution in [0.15, 0.2) is 0 Å². The van der Waals surface area contributed by atoms with Crippen LogP contribution in [0.5, 0.6) is 6.01 Å². The highest BCUT2D eigenvalue weighted by Gasteiger charge is 2.17. The van der Waals surface area contributed by atoms with Gasteiger partial charge >= 0.3 is 6.01 Å². The van der Waals surface area contributed by atoms with Crippen LogP contribution in [0.4, 0.5) is 11.9 Å². The van der Waals surface area contributed by atoms with E-state index < -0.39 is 6.04 Å². The summed E-state index contributed by atoms with van der Waals surface area (Å²) in [7, 11) is 3.15. The van der Waals surface area contributed by atoms with Crippen molar-refractivity contribution < 1.29 is 9.53 Å². The lowest BCUT2D eigenvalue weighted by atomic mass is 10.3. The van der Waals surface area contributed by atoms with E-state index in [1.165, 1.54) is 7.11 Å². The van der Waals surface area contributed by atoms with Crippen LogP contribution in [0.1, 0.15) is 13.8 Å². The quantitative estimate of drug-likeness (QED) is 0.745. The van der Waals surface area contributed by atoms with E-state index in [1.54, 1.807) is 18.9 Å². The summed E-state index contributed by atoms with van der Waals surface area (Å²) in [4.78, 5) is 25.0.